The summed E-state index contributed by atoms with van der Waals surface area (Å²) in [5.41, 5.74) is -0.861. The predicted molar refractivity (Wildman–Crippen MR) is 99.7 cm³/mol. The highest BCUT2D eigenvalue weighted by Gasteiger charge is 2.51. The quantitative estimate of drug-likeness (QED) is 0.696. The monoisotopic (exact) mass is 399 g/mol. The maximum absolute atomic E-state index is 13.0. The topological polar surface area (TPSA) is 104 Å². The number of hydrogen-bond donors (Lipinski definition) is 1. The molecule has 1 spiro atoms. The number of nitrogens with zero attached hydrogens (tertiary/aromatic N) is 2. The largest absolute Gasteiger partial charge is 0.337 e. The Kier molecular flexibility index (Phi) is 5.79. The van der Waals surface area contributed by atoms with Crippen molar-refractivity contribution in [3.05, 3.63) is 0 Å². The lowest BCUT2D eigenvalue weighted by atomic mass is 9.90. The highest BCUT2D eigenvalue weighted by Crippen LogP contribution is 2.32. The molecule has 4 amide bonds. The number of imide groups is 1. The maximum Gasteiger partial charge on any atom is 0.325 e. The molecule has 3 rings (SSSR count). The summed E-state index contributed by atoms with van der Waals surface area (Å²) in [7, 11) is -3.12. The molecule has 0 bridgehead atoms. The van der Waals surface area contributed by atoms with Gasteiger partial charge in [-0.05, 0) is 25.7 Å². The van der Waals surface area contributed by atoms with E-state index in [2.05, 4.69) is 5.32 Å². The van der Waals surface area contributed by atoms with Crippen LogP contribution in [0.5, 0.6) is 0 Å². The van der Waals surface area contributed by atoms with E-state index in [9.17, 15) is 22.8 Å². The molecule has 1 aliphatic carbocycles. The summed E-state index contributed by atoms with van der Waals surface area (Å²) >= 11 is 0. The first-order valence-electron chi connectivity index (χ1n) is 9.92. The Balaban J connectivity index is 1.71. The molecule has 1 N–H and O–H groups in total. The Morgan fingerprint density at radius 1 is 1.22 bits per heavy atom. The fourth-order valence-corrected chi connectivity index (χ4v) is 6.22. The summed E-state index contributed by atoms with van der Waals surface area (Å²) in [6.07, 6.45) is 6.19. The van der Waals surface area contributed by atoms with Crippen LogP contribution >= 0.6 is 0 Å². The lowest BCUT2D eigenvalue weighted by molar-refractivity contribution is -0.140. The molecule has 0 unspecified atom stereocenters. The van der Waals surface area contributed by atoms with E-state index in [1.807, 2.05) is 6.92 Å². The SMILES string of the molecule is CCCN(C(=O)CN1C(=O)NC2(CCCCCC2)C1=O)[C@H]1CCS(=O)(=O)C1. The van der Waals surface area contributed by atoms with Gasteiger partial charge in [-0.2, -0.15) is 0 Å². The predicted octanol–water partition coefficient (Wildman–Crippen LogP) is 1.06. The van der Waals surface area contributed by atoms with Gasteiger partial charge in [0, 0.05) is 12.6 Å². The molecule has 27 heavy (non-hydrogen) atoms. The van der Waals surface area contributed by atoms with Crippen LogP contribution in [0.1, 0.15) is 58.3 Å². The normalized spacial score (nSPS) is 26.9. The Morgan fingerprint density at radius 2 is 1.89 bits per heavy atom. The minimum Gasteiger partial charge on any atom is -0.337 e. The van der Waals surface area contributed by atoms with E-state index >= 15 is 0 Å². The highest BCUT2D eigenvalue weighted by molar-refractivity contribution is 7.91. The van der Waals surface area contributed by atoms with Gasteiger partial charge in [0.15, 0.2) is 9.84 Å². The van der Waals surface area contributed by atoms with Gasteiger partial charge in [0.1, 0.15) is 12.1 Å². The molecule has 1 saturated carbocycles. The summed E-state index contributed by atoms with van der Waals surface area (Å²) in [5.74, 6) is -0.619. The average molecular weight is 400 g/mol. The third-order valence-electron chi connectivity index (χ3n) is 5.93. The molecule has 8 nitrogen and oxygen atoms in total. The highest BCUT2D eigenvalue weighted by atomic mass is 32.2. The smallest absolute Gasteiger partial charge is 0.325 e. The third-order valence-corrected chi connectivity index (χ3v) is 7.68. The maximum atomic E-state index is 13.0. The average Bonchev–Trinajstić information content (AvgIpc) is 2.95. The Bertz CT molecular complexity index is 713. The van der Waals surface area contributed by atoms with Crippen LogP contribution in [0.2, 0.25) is 0 Å². The van der Waals surface area contributed by atoms with E-state index < -0.39 is 21.4 Å². The van der Waals surface area contributed by atoms with Crippen LogP contribution in [-0.4, -0.2) is 72.2 Å². The first kappa shape index (κ1) is 20.1. The van der Waals surface area contributed by atoms with Crippen molar-refractivity contribution in [2.24, 2.45) is 0 Å². The van der Waals surface area contributed by atoms with Crippen molar-refractivity contribution in [1.29, 1.82) is 0 Å². The zero-order valence-electron chi connectivity index (χ0n) is 15.9. The number of rotatable bonds is 5. The second-order valence-corrected chi connectivity index (χ2v) is 10.2. The van der Waals surface area contributed by atoms with Crippen molar-refractivity contribution in [2.45, 2.75) is 69.9 Å². The van der Waals surface area contributed by atoms with Gasteiger partial charge in [0.2, 0.25) is 5.91 Å². The standard InChI is InChI=1S/C18H29N3O5S/c1-2-10-20(14-7-11-27(25,26)13-14)15(22)12-21-16(23)18(19-17(21)24)8-5-3-4-6-9-18/h14H,2-13H2,1H3,(H,19,24)/t14-/m0/s1. The molecule has 0 aromatic heterocycles. The molecule has 152 valence electrons. The zero-order valence-corrected chi connectivity index (χ0v) is 16.7. The molecule has 1 atom stereocenters. The van der Waals surface area contributed by atoms with Crippen LogP contribution in [-0.2, 0) is 19.4 Å². The van der Waals surface area contributed by atoms with E-state index in [1.165, 1.54) is 0 Å². The van der Waals surface area contributed by atoms with Crippen LogP contribution in [0.25, 0.3) is 0 Å². The van der Waals surface area contributed by atoms with Crippen LogP contribution in [0, 0.1) is 0 Å². The fourth-order valence-electron chi connectivity index (χ4n) is 4.49. The molecule has 9 heteroatoms. The van der Waals surface area contributed by atoms with Crippen molar-refractivity contribution in [3.63, 3.8) is 0 Å². The van der Waals surface area contributed by atoms with Gasteiger partial charge >= 0.3 is 6.03 Å². The molecule has 3 fully saturated rings. The van der Waals surface area contributed by atoms with Gasteiger partial charge in [-0.15, -0.1) is 0 Å². The third kappa shape index (κ3) is 4.12. The van der Waals surface area contributed by atoms with Crippen LogP contribution < -0.4 is 5.32 Å². The summed E-state index contributed by atoms with van der Waals surface area (Å²) in [5, 5.41) is 2.84. The van der Waals surface area contributed by atoms with Crippen molar-refractivity contribution in [2.75, 3.05) is 24.6 Å². The van der Waals surface area contributed by atoms with Crippen LogP contribution in [0.15, 0.2) is 0 Å². The number of nitrogens with one attached hydrogen (secondary N) is 1. The molecule has 0 aromatic carbocycles. The van der Waals surface area contributed by atoms with Crippen LogP contribution in [0.3, 0.4) is 0 Å². The molecule has 2 aliphatic heterocycles. The Morgan fingerprint density at radius 3 is 2.44 bits per heavy atom. The van der Waals surface area contributed by atoms with Crippen molar-refractivity contribution in [1.82, 2.24) is 15.1 Å². The molecular formula is C18H29N3O5S. The summed E-state index contributed by atoms with van der Waals surface area (Å²) in [4.78, 5) is 40.8. The molecule has 3 aliphatic rings. The van der Waals surface area contributed by atoms with E-state index in [0.29, 0.717) is 32.2 Å². The van der Waals surface area contributed by atoms with Gasteiger partial charge < -0.3 is 10.2 Å². The Labute approximate surface area is 160 Å². The number of carbonyl (C=O) groups excluding carboxylic acids is 3. The lowest BCUT2D eigenvalue weighted by Crippen LogP contribution is -2.49. The summed E-state index contributed by atoms with van der Waals surface area (Å²) in [6.45, 7) is 2.02. The van der Waals surface area contributed by atoms with E-state index in [0.717, 1.165) is 30.6 Å². The van der Waals surface area contributed by atoms with Crippen molar-refractivity contribution < 1.29 is 22.8 Å². The van der Waals surface area contributed by atoms with Gasteiger partial charge in [0.05, 0.1) is 11.5 Å². The van der Waals surface area contributed by atoms with Crippen LogP contribution in [0.4, 0.5) is 4.79 Å². The number of sulfone groups is 1. The minimum absolute atomic E-state index is 0.0389. The number of carbonyl (C=O) groups is 3. The summed E-state index contributed by atoms with van der Waals surface area (Å²) < 4.78 is 23.6. The zero-order chi connectivity index (χ0) is 19.7. The van der Waals surface area contributed by atoms with Gasteiger partial charge in [0.25, 0.3) is 5.91 Å². The second kappa shape index (κ2) is 7.77. The summed E-state index contributed by atoms with van der Waals surface area (Å²) in [6, 6.07) is -0.874. The van der Waals surface area contributed by atoms with Gasteiger partial charge in [-0.1, -0.05) is 32.6 Å². The molecule has 2 saturated heterocycles. The first-order chi connectivity index (χ1) is 12.8. The molecule has 2 heterocycles. The number of hydrogen-bond acceptors (Lipinski definition) is 5. The molecule has 0 aromatic rings. The van der Waals surface area contributed by atoms with Gasteiger partial charge in [-0.25, -0.2) is 13.2 Å². The number of amides is 4. The number of urea groups is 1. The van der Waals surface area contributed by atoms with E-state index in [1.54, 1.807) is 4.90 Å². The van der Waals surface area contributed by atoms with Crippen molar-refractivity contribution >= 4 is 27.7 Å². The van der Waals surface area contributed by atoms with Gasteiger partial charge in [-0.3, -0.25) is 14.5 Å². The molecule has 0 radical (unpaired) electrons. The Hall–Kier alpha value is -1.64. The van der Waals surface area contributed by atoms with E-state index in [4.69, 9.17) is 0 Å². The lowest BCUT2D eigenvalue weighted by Gasteiger charge is -2.29. The second-order valence-electron chi connectivity index (χ2n) is 7.96. The first-order valence-corrected chi connectivity index (χ1v) is 11.7. The van der Waals surface area contributed by atoms with E-state index in [-0.39, 0.29) is 35.9 Å². The fraction of sp³-hybridized carbons (Fsp3) is 0.833. The molecular weight excluding hydrogens is 370 g/mol. The minimum atomic E-state index is -3.12. The van der Waals surface area contributed by atoms with Crippen molar-refractivity contribution in [3.8, 4) is 0 Å².